The lowest BCUT2D eigenvalue weighted by molar-refractivity contribution is -0.147. The molecule has 0 aromatic rings. The van der Waals surface area contributed by atoms with Crippen LogP contribution in [0.2, 0.25) is 0 Å². The molecule has 0 radical (unpaired) electrons. The van der Waals surface area contributed by atoms with E-state index in [-0.39, 0.29) is 30.8 Å². The van der Waals surface area contributed by atoms with Crippen LogP contribution < -0.4 is 0 Å². The molecular formula is C14H22O7. The van der Waals surface area contributed by atoms with Crippen LogP contribution in [0.4, 0.5) is 0 Å². The highest BCUT2D eigenvalue weighted by Gasteiger charge is 2.12. The molecule has 1 N–H and O–H groups in total. The number of carbonyl (C=O) groups excluding carboxylic acids is 3. The first-order chi connectivity index (χ1) is 9.70. The molecule has 0 aliphatic rings. The second kappa shape index (κ2) is 13.0. The Kier molecular flexibility index (Phi) is 13.2. The number of ketones is 2. The van der Waals surface area contributed by atoms with Crippen molar-refractivity contribution in [3.8, 4) is 0 Å². The summed E-state index contributed by atoms with van der Waals surface area (Å²) in [5, 5.41) is 7.89. The summed E-state index contributed by atoms with van der Waals surface area (Å²) in [4.78, 5) is 42.1. The predicted octanol–water partition coefficient (Wildman–Crippen LogP) is 1.15. The van der Waals surface area contributed by atoms with Gasteiger partial charge in [0.15, 0.2) is 5.78 Å². The van der Waals surface area contributed by atoms with Crippen LogP contribution in [0, 0.1) is 0 Å². The second-order valence-corrected chi connectivity index (χ2v) is 4.10. The van der Waals surface area contributed by atoms with E-state index in [1.807, 2.05) is 6.92 Å². The maximum absolute atomic E-state index is 11.0. The fourth-order valence-corrected chi connectivity index (χ4v) is 0.911. The van der Waals surface area contributed by atoms with E-state index in [2.05, 4.69) is 6.58 Å². The molecule has 0 aromatic heterocycles. The summed E-state index contributed by atoms with van der Waals surface area (Å²) in [6.07, 6.45) is -0.549. The van der Waals surface area contributed by atoms with Gasteiger partial charge in [-0.15, -0.1) is 0 Å². The predicted molar refractivity (Wildman–Crippen MR) is 74.8 cm³/mol. The lowest BCUT2D eigenvalue weighted by Crippen LogP contribution is -2.15. The van der Waals surface area contributed by atoms with Gasteiger partial charge in [-0.1, -0.05) is 6.58 Å². The van der Waals surface area contributed by atoms with E-state index >= 15 is 0 Å². The number of ether oxygens (including phenoxy) is 2. The van der Waals surface area contributed by atoms with Gasteiger partial charge in [-0.3, -0.25) is 14.4 Å². The fourth-order valence-electron chi connectivity index (χ4n) is 0.911. The van der Waals surface area contributed by atoms with Gasteiger partial charge in [0, 0.05) is 12.2 Å². The molecule has 0 aliphatic carbocycles. The Bertz CT molecular complexity index is 373. The number of hydrogen-bond acceptors (Lipinski definition) is 6. The molecule has 7 nitrogen and oxygen atoms in total. The normalized spacial score (nSPS) is 9.10. The Hall–Kier alpha value is -2.02. The summed E-state index contributed by atoms with van der Waals surface area (Å²) in [7, 11) is 0. The number of carboxylic acid groups (broad SMARTS) is 1. The maximum Gasteiger partial charge on any atom is 0.330 e. The van der Waals surface area contributed by atoms with Gasteiger partial charge in [-0.05, 0) is 20.8 Å². The van der Waals surface area contributed by atoms with Gasteiger partial charge in [0.1, 0.15) is 18.8 Å². The smallest absolute Gasteiger partial charge is 0.330 e. The molecule has 21 heavy (non-hydrogen) atoms. The molecule has 0 bridgehead atoms. The zero-order valence-corrected chi connectivity index (χ0v) is 12.6. The Morgan fingerprint density at radius 1 is 1.05 bits per heavy atom. The third-order valence-corrected chi connectivity index (χ3v) is 1.85. The molecule has 0 saturated heterocycles. The van der Waals surface area contributed by atoms with Crippen molar-refractivity contribution in [2.75, 3.05) is 19.8 Å². The Morgan fingerprint density at radius 3 is 1.95 bits per heavy atom. The summed E-state index contributed by atoms with van der Waals surface area (Å²) in [6.45, 7) is 8.76. The van der Waals surface area contributed by atoms with Gasteiger partial charge in [-0.2, -0.15) is 0 Å². The van der Waals surface area contributed by atoms with Crippen LogP contribution in [0.5, 0.6) is 0 Å². The topological polar surface area (TPSA) is 107 Å². The second-order valence-electron chi connectivity index (χ2n) is 4.10. The highest BCUT2D eigenvalue weighted by molar-refractivity contribution is 6.04. The van der Waals surface area contributed by atoms with Gasteiger partial charge < -0.3 is 14.6 Å². The van der Waals surface area contributed by atoms with Crippen LogP contribution in [0.15, 0.2) is 12.2 Å². The summed E-state index contributed by atoms with van der Waals surface area (Å²) in [5.74, 6) is -2.21. The van der Waals surface area contributed by atoms with Crippen LogP contribution in [-0.4, -0.2) is 48.4 Å². The van der Waals surface area contributed by atoms with E-state index in [9.17, 15) is 19.2 Å². The minimum atomic E-state index is -0.935. The summed E-state index contributed by atoms with van der Waals surface area (Å²) in [5.41, 5.74) is 0.176. The average molecular weight is 302 g/mol. The minimum Gasteiger partial charge on any atom is -0.478 e. The third-order valence-electron chi connectivity index (χ3n) is 1.85. The number of carbonyl (C=O) groups is 4. The summed E-state index contributed by atoms with van der Waals surface area (Å²) >= 11 is 0. The molecule has 0 aliphatic heterocycles. The molecule has 0 spiro atoms. The minimum absolute atomic E-state index is 0.139. The highest BCUT2D eigenvalue weighted by Crippen LogP contribution is 1.94. The summed E-state index contributed by atoms with van der Waals surface area (Å²) in [6, 6.07) is 0. The van der Waals surface area contributed by atoms with E-state index in [0.29, 0.717) is 13.2 Å². The lowest BCUT2D eigenvalue weighted by atomic mass is 10.2. The van der Waals surface area contributed by atoms with E-state index < -0.39 is 17.7 Å². The Labute approximate surface area is 123 Å². The average Bonchev–Trinajstić information content (AvgIpc) is 2.34. The molecule has 0 saturated carbocycles. The molecule has 0 aromatic carbocycles. The number of esters is 1. The van der Waals surface area contributed by atoms with E-state index in [1.165, 1.54) is 13.8 Å². The van der Waals surface area contributed by atoms with Crippen molar-refractivity contribution < 1.29 is 33.8 Å². The van der Waals surface area contributed by atoms with E-state index in [0.717, 1.165) is 0 Å². The molecular weight excluding hydrogens is 280 g/mol. The van der Waals surface area contributed by atoms with Crippen LogP contribution in [-0.2, 0) is 28.7 Å². The number of rotatable bonds is 9. The molecule has 0 heterocycles. The van der Waals surface area contributed by atoms with E-state index in [4.69, 9.17) is 14.6 Å². The first-order valence-electron chi connectivity index (χ1n) is 6.34. The van der Waals surface area contributed by atoms with Crippen LogP contribution in [0.3, 0.4) is 0 Å². The number of Topliss-reactive ketones (excluding diaryl/α,β-unsaturated/α-hetero) is 2. The van der Waals surface area contributed by atoms with Crippen LogP contribution in [0.25, 0.3) is 0 Å². The highest BCUT2D eigenvalue weighted by atomic mass is 16.6. The molecule has 0 rings (SSSR count). The molecule has 7 heteroatoms. The van der Waals surface area contributed by atoms with Crippen molar-refractivity contribution in [1.29, 1.82) is 0 Å². The van der Waals surface area contributed by atoms with E-state index in [1.54, 1.807) is 0 Å². The number of hydrogen-bond donors (Lipinski definition) is 1. The monoisotopic (exact) mass is 302 g/mol. The van der Waals surface area contributed by atoms with Gasteiger partial charge in [0.25, 0.3) is 0 Å². The van der Waals surface area contributed by atoms with Crippen molar-refractivity contribution in [3.63, 3.8) is 0 Å². The number of carboxylic acids is 1. The van der Waals surface area contributed by atoms with Gasteiger partial charge in [0.05, 0.1) is 13.0 Å². The standard InChI is InChI=1S/C10H16O5.C4H6O2/c1-3-14-4-5-15-10(13)7-9(12)6-8(2)11;1-3(2)4(5)6/h3-7H2,1-2H3;1H2,2H3,(H,5,6). The van der Waals surface area contributed by atoms with Crippen LogP contribution in [0.1, 0.15) is 33.6 Å². The van der Waals surface area contributed by atoms with Gasteiger partial charge >= 0.3 is 11.9 Å². The van der Waals surface area contributed by atoms with Crippen molar-refractivity contribution in [2.45, 2.75) is 33.6 Å². The molecule has 0 fully saturated rings. The van der Waals surface area contributed by atoms with Crippen molar-refractivity contribution in [2.24, 2.45) is 0 Å². The van der Waals surface area contributed by atoms with Gasteiger partial charge in [0.2, 0.25) is 0 Å². The van der Waals surface area contributed by atoms with Gasteiger partial charge in [-0.25, -0.2) is 4.79 Å². The molecule has 120 valence electrons. The SMILES string of the molecule is C=C(C)C(=O)O.CCOCCOC(=O)CC(=O)CC(C)=O. The van der Waals surface area contributed by atoms with Crippen molar-refractivity contribution in [3.05, 3.63) is 12.2 Å². The van der Waals surface area contributed by atoms with Crippen molar-refractivity contribution >= 4 is 23.5 Å². The quantitative estimate of drug-likeness (QED) is 0.294. The third kappa shape index (κ3) is 18.0. The largest absolute Gasteiger partial charge is 0.478 e. The first-order valence-corrected chi connectivity index (χ1v) is 6.34. The zero-order chi connectivity index (χ0) is 16.8. The first kappa shape index (κ1) is 21.3. The van der Waals surface area contributed by atoms with Crippen LogP contribution >= 0.6 is 0 Å². The fraction of sp³-hybridized carbons (Fsp3) is 0.571. The Balaban J connectivity index is 0. The summed E-state index contributed by atoms with van der Waals surface area (Å²) < 4.78 is 9.64. The molecule has 0 atom stereocenters. The maximum atomic E-state index is 11.0. The molecule has 0 amide bonds. The Morgan fingerprint density at radius 2 is 1.57 bits per heavy atom. The molecule has 0 unspecified atom stereocenters. The number of aliphatic carboxylic acids is 1. The van der Waals surface area contributed by atoms with Crippen molar-refractivity contribution in [1.82, 2.24) is 0 Å². The lowest BCUT2D eigenvalue weighted by Gasteiger charge is -2.03. The zero-order valence-electron chi connectivity index (χ0n) is 12.6.